The normalized spacial score (nSPS) is 9.83. The van der Waals surface area contributed by atoms with Gasteiger partial charge >= 0.3 is 0 Å². The average Bonchev–Trinajstić information content (AvgIpc) is 2.58. The molecule has 2 N–H and O–H groups in total. The smallest absolute Gasteiger partial charge is 0.276 e. The number of hydrogen-bond donors (Lipinski definition) is 2. The number of hydrazine groups is 1. The van der Waals surface area contributed by atoms with Crippen LogP contribution in [0.4, 0.5) is 0 Å². The third kappa shape index (κ3) is 4.89. The Hall–Kier alpha value is -2.73. The van der Waals surface area contributed by atoms with Crippen LogP contribution in [0.5, 0.6) is 11.5 Å². The SMILES string of the molecule is COc1ccccc1OCC(=O)NNC(=O)c1ccc(Cl)cc1. The number of nitrogens with one attached hydrogen (secondary N) is 2. The lowest BCUT2D eigenvalue weighted by Gasteiger charge is -2.11. The van der Waals surface area contributed by atoms with Gasteiger partial charge in [-0.05, 0) is 36.4 Å². The first kappa shape index (κ1) is 16.6. The first-order chi connectivity index (χ1) is 11.1. The summed E-state index contributed by atoms with van der Waals surface area (Å²) in [7, 11) is 1.51. The molecule has 0 aliphatic carbocycles. The van der Waals surface area contributed by atoms with E-state index in [0.717, 1.165) is 0 Å². The Morgan fingerprint density at radius 2 is 1.65 bits per heavy atom. The molecule has 2 rings (SSSR count). The predicted octanol–water partition coefficient (Wildman–Crippen LogP) is 2.19. The summed E-state index contributed by atoms with van der Waals surface area (Å²) in [6, 6.07) is 13.2. The van der Waals surface area contributed by atoms with Gasteiger partial charge in [0, 0.05) is 10.6 Å². The number of carbonyl (C=O) groups is 2. The third-order valence-electron chi connectivity index (χ3n) is 2.85. The molecular weight excluding hydrogens is 320 g/mol. The summed E-state index contributed by atoms with van der Waals surface area (Å²) in [5, 5.41) is 0.524. The van der Waals surface area contributed by atoms with E-state index in [9.17, 15) is 9.59 Å². The molecule has 0 fully saturated rings. The number of hydrogen-bond acceptors (Lipinski definition) is 4. The lowest BCUT2D eigenvalue weighted by Crippen LogP contribution is -2.43. The molecule has 0 radical (unpaired) electrons. The van der Waals surface area contributed by atoms with Crippen LogP contribution in [0.15, 0.2) is 48.5 Å². The van der Waals surface area contributed by atoms with Crippen LogP contribution >= 0.6 is 11.6 Å². The van der Waals surface area contributed by atoms with Gasteiger partial charge in [-0.15, -0.1) is 0 Å². The van der Waals surface area contributed by atoms with Crippen LogP contribution < -0.4 is 20.3 Å². The van der Waals surface area contributed by atoms with Gasteiger partial charge in [-0.3, -0.25) is 20.4 Å². The Morgan fingerprint density at radius 1 is 1.00 bits per heavy atom. The maximum absolute atomic E-state index is 11.8. The number of carbonyl (C=O) groups excluding carboxylic acids is 2. The monoisotopic (exact) mass is 334 g/mol. The number of methoxy groups -OCH3 is 1. The van der Waals surface area contributed by atoms with Crippen LogP contribution in [0, 0.1) is 0 Å². The van der Waals surface area contributed by atoms with Gasteiger partial charge in [-0.25, -0.2) is 0 Å². The van der Waals surface area contributed by atoms with E-state index in [-0.39, 0.29) is 6.61 Å². The number of halogens is 1. The number of para-hydroxylation sites is 2. The van der Waals surface area contributed by atoms with Gasteiger partial charge in [-0.1, -0.05) is 23.7 Å². The summed E-state index contributed by atoms with van der Waals surface area (Å²) < 4.78 is 10.4. The average molecular weight is 335 g/mol. The summed E-state index contributed by atoms with van der Waals surface area (Å²) in [6.07, 6.45) is 0. The predicted molar refractivity (Wildman–Crippen MR) is 85.5 cm³/mol. The van der Waals surface area contributed by atoms with Gasteiger partial charge in [0.25, 0.3) is 11.8 Å². The summed E-state index contributed by atoms with van der Waals surface area (Å²) in [4.78, 5) is 23.5. The van der Waals surface area contributed by atoms with Crippen molar-refractivity contribution in [3.63, 3.8) is 0 Å². The number of benzene rings is 2. The Kier molecular flexibility index (Phi) is 5.82. The fraction of sp³-hybridized carbons (Fsp3) is 0.125. The standard InChI is InChI=1S/C16H15ClN2O4/c1-22-13-4-2-3-5-14(13)23-10-15(20)18-19-16(21)11-6-8-12(17)9-7-11/h2-9H,10H2,1H3,(H,18,20)(H,19,21). The topological polar surface area (TPSA) is 76.7 Å². The summed E-state index contributed by atoms with van der Waals surface area (Å²) in [5.74, 6) is 0.00482. The molecule has 0 unspecified atom stereocenters. The molecule has 0 aromatic heterocycles. The van der Waals surface area contributed by atoms with Crippen LogP contribution in [0.2, 0.25) is 5.02 Å². The molecule has 0 bridgehead atoms. The summed E-state index contributed by atoms with van der Waals surface area (Å²) in [6.45, 7) is -0.263. The Balaban J connectivity index is 1.81. The minimum absolute atomic E-state index is 0.263. The molecule has 6 nitrogen and oxygen atoms in total. The molecule has 0 atom stereocenters. The molecule has 0 spiro atoms. The zero-order valence-corrected chi connectivity index (χ0v) is 13.1. The van der Waals surface area contributed by atoms with Gasteiger partial charge in [-0.2, -0.15) is 0 Å². The zero-order valence-electron chi connectivity index (χ0n) is 12.3. The van der Waals surface area contributed by atoms with Crippen molar-refractivity contribution < 1.29 is 19.1 Å². The fourth-order valence-electron chi connectivity index (χ4n) is 1.72. The van der Waals surface area contributed by atoms with Crippen LogP contribution in [0.3, 0.4) is 0 Å². The molecule has 7 heteroatoms. The van der Waals surface area contributed by atoms with Crippen molar-refractivity contribution in [1.29, 1.82) is 0 Å². The third-order valence-corrected chi connectivity index (χ3v) is 3.10. The molecule has 2 aromatic carbocycles. The van der Waals surface area contributed by atoms with E-state index in [1.54, 1.807) is 48.5 Å². The Morgan fingerprint density at radius 3 is 2.30 bits per heavy atom. The van der Waals surface area contributed by atoms with Crippen molar-refractivity contribution in [3.05, 3.63) is 59.1 Å². The van der Waals surface area contributed by atoms with Crippen LogP contribution in [-0.4, -0.2) is 25.5 Å². The molecule has 0 saturated carbocycles. The van der Waals surface area contributed by atoms with E-state index in [1.807, 2.05) is 0 Å². The van der Waals surface area contributed by atoms with Gasteiger partial charge in [0.1, 0.15) is 0 Å². The van der Waals surface area contributed by atoms with Crippen LogP contribution in [-0.2, 0) is 4.79 Å². The first-order valence-electron chi connectivity index (χ1n) is 6.70. The van der Waals surface area contributed by atoms with Gasteiger partial charge in [0.15, 0.2) is 18.1 Å². The highest BCUT2D eigenvalue weighted by Crippen LogP contribution is 2.25. The second-order valence-corrected chi connectivity index (χ2v) is 4.89. The molecule has 2 amide bonds. The summed E-state index contributed by atoms with van der Waals surface area (Å²) in [5.41, 5.74) is 4.93. The van der Waals surface area contributed by atoms with E-state index in [4.69, 9.17) is 21.1 Å². The van der Waals surface area contributed by atoms with E-state index < -0.39 is 11.8 Å². The second-order valence-electron chi connectivity index (χ2n) is 4.45. The number of rotatable bonds is 5. The van der Waals surface area contributed by atoms with Crippen molar-refractivity contribution in [2.24, 2.45) is 0 Å². The van der Waals surface area contributed by atoms with Gasteiger partial charge in [0.05, 0.1) is 7.11 Å². The minimum Gasteiger partial charge on any atom is -0.493 e. The Labute approximate surface area is 138 Å². The van der Waals surface area contributed by atoms with Crippen molar-refractivity contribution in [2.45, 2.75) is 0 Å². The Bertz CT molecular complexity index is 689. The van der Waals surface area contributed by atoms with Crippen LogP contribution in [0.1, 0.15) is 10.4 Å². The van der Waals surface area contributed by atoms with Crippen molar-refractivity contribution in [2.75, 3.05) is 13.7 Å². The quantitative estimate of drug-likeness (QED) is 0.822. The minimum atomic E-state index is -0.502. The molecule has 120 valence electrons. The highest BCUT2D eigenvalue weighted by atomic mass is 35.5. The highest BCUT2D eigenvalue weighted by molar-refractivity contribution is 6.30. The molecule has 0 aliphatic heterocycles. The molecule has 23 heavy (non-hydrogen) atoms. The maximum atomic E-state index is 11.8. The van der Waals surface area contributed by atoms with Gasteiger partial charge < -0.3 is 9.47 Å². The molecule has 0 heterocycles. The maximum Gasteiger partial charge on any atom is 0.276 e. The fourth-order valence-corrected chi connectivity index (χ4v) is 1.84. The number of ether oxygens (including phenoxy) is 2. The van der Waals surface area contributed by atoms with Crippen LogP contribution in [0.25, 0.3) is 0 Å². The molecule has 2 aromatic rings. The molecular formula is C16H15ClN2O4. The second kappa shape index (κ2) is 8.05. The van der Waals surface area contributed by atoms with Crippen molar-refractivity contribution >= 4 is 23.4 Å². The highest BCUT2D eigenvalue weighted by Gasteiger charge is 2.09. The number of amides is 2. The first-order valence-corrected chi connectivity index (χ1v) is 7.08. The van der Waals surface area contributed by atoms with Crippen molar-refractivity contribution in [3.8, 4) is 11.5 Å². The van der Waals surface area contributed by atoms with E-state index in [2.05, 4.69) is 10.9 Å². The van der Waals surface area contributed by atoms with Gasteiger partial charge in [0.2, 0.25) is 0 Å². The van der Waals surface area contributed by atoms with E-state index in [0.29, 0.717) is 22.1 Å². The molecule has 0 saturated heterocycles. The summed E-state index contributed by atoms with van der Waals surface area (Å²) >= 11 is 5.74. The lowest BCUT2D eigenvalue weighted by atomic mass is 10.2. The van der Waals surface area contributed by atoms with Crippen molar-refractivity contribution in [1.82, 2.24) is 10.9 Å². The van der Waals surface area contributed by atoms with E-state index >= 15 is 0 Å². The lowest BCUT2D eigenvalue weighted by molar-refractivity contribution is -0.123. The van der Waals surface area contributed by atoms with E-state index in [1.165, 1.54) is 7.11 Å². The largest absolute Gasteiger partial charge is 0.493 e. The zero-order chi connectivity index (χ0) is 16.7. The molecule has 0 aliphatic rings.